The zero-order chi connectivity index (χ0) is 9.14. The second-order valence-electron chi connectivity index (χ2n) is 3.13. The maximum atomic E-state index is 9.28. The second kappa shape index (κ2) is 3.63. The van der Waals surface area contributed by atoms with Crippen LogP contribution in [0.3, 0.4) is 0 Å². The van der Waals surface area contributed by atoms with Crippen molar-refractivity contribution in [1.82, 2.24) is 10.2 Å². The van der Waals surface area contributed by atoms with E-state index in [0.717, 1.165) is 11.4 Å². The molecule has 0 spiro atoms. The Labute approximate surface area is 72.5 Å². The van der Waals surface area contributed by atoms with Crippen LogP contribution in [0.4, 0.5) is 0 Å². The number of aromatic nitrogens is 2. The van der Waals surface area contributed by atoms with E-state index in [4.69, 9.17) is 0 Å². The Kier molecular flexibility index (Phi) is 2.76. The van der Waals surface area contributed by atoms with E-state index in [9.17, 15) is 5.11 Å². The lowest BCUT2D eigenvalue weighted by Crippen LogP contribution is -2.13. The molecule has 1 aromatic rings. The van der Waals surface area contributed by atoms with Crippen molar-refractivity contribution in [2.24, 2.45) is 0 Å². The first-order valence-corrected chi connectivity index (χ1v) is 4.09. The highest BCUT2D eigenvalue weighted by Crippen LogP contribution is 2.15. The standard InChI is InChI=1S/C9H14N2O/c1-6-4-5-9(11-10-6)7(2)8(3)12/h4-5,7-8,12H,1-3H3. The van der Waals surface area contributed by atoms with Crippen LogP contribution in [0.2, 0.25) is 0 Å². The lowest BCUT2D eigenvalue weighted by Gasteiger charge is -2.12. The average Bonchev–Trinajstić information content (AvgIpc) is 2.04. The third-order valence-corrected chi connectivity index (χ3v) is 2.01. The molecule has 1 rings (SSSR count). The molecule has 0 aliphatic heterocycles. The maximum absolute atomic E-state index is 9.28. The molecule has 2 atom stereocenters. The largest absolute Gasteiger partial charge is 0.393 e. The van der Waals surface area contributed by atoms with E-state index in [1.807, 2.05) is 26.0 Å². The normalized spacial score (nSPS) is 15.7. The highest BCUT2D eigenvalue weighted by Gasteiger charge is 2.12. The third kappa shape index (κ3) is 2.01. The molecule has 0 aromatic carbocycles. The summed E-state index contributed by atoms with van der Waals surface area (Å²) < 4.78 is 0. The summed E-state index contributed by atoms with van der Waals surface area (Å²) in [6, 6.07) is 3.81. The molecule has 2 unspecified atom stereocenters. The molecule has 1 N–H and O–H groups in total. The van der Waals surface area contributed by atoms with Crippen molar-refractivity contribution in [3.8, 4) is 0 Å². The highest BCUT2D eigenvalue weighted by molar-refractivity contribution is 5.10. The van der Waals surface area contributed by atoms with E-state index < -0.39 is 0 Å². The Morgan fingerprint density at radius 1 is 1.25 bits per heavy atom. The van der Waals surface area contributed by atoms with E-state index in [1.54, 1.807) is 6.92 Å². The zero-order valence-electron chi connectivity index (χ0n) is 7.65. The van der Waals surface area contributed by atoms with Crippen LogP contribution in [0.15, 0.2) is 12.1 Å². The summed E-state index contributed by atoms with van der Waals surface area (Å²) in [5.41, 5.74) is 1.74. The summed E-state index contributed by atoms with van der Waals surface area (Å²) in [4.78, 5) is 0. The zero-order valence-corrected chi connectivity index (χ0v) is 7.65. The number of hydrogen-bond acceptors (Lipinski definition) is 3. The molecular weight excluding hydrogens is 152 g/mol. The Bertz CT molecular complexity index is 243. The molecule has 0 aliphatic carbocycles. The van der Waals surface area contributed by atoms with Gasteiger partial charge < -0.3 is 5.11 Å². The number of aliphatic hydroxyl groups is 1. The SMILES string of the molecule is Cc1ccc(C(C)C(C)O)nn1. The van der Waals surface area contributed by atoms with Crippen molar-refractivity contribution in [3.63, 3.8) is 0 Å². The van der Waals surface area contributed by atoms with Gasteiger partial charge in [-0.15, -0.1) is 0 Å². The number of nitrogens with zero attached hydrogens (tertiary/aromatic N) is 2. The topological polar surface area (TPSA) is 46.0 Å². The molecule has 0 bridgehead atoms. The average molecular weight is 166 g/mol. The molecule has 0 saturated heterocycles. The Morgan fingerprint density at radius 3 is 2.33 bits per heavy atom. The van der Waals surface area contributed by atoms with Crippen LogP contribution in [-0.4, -0.2) is 21.4 Å². The first-order chi connectivity index (χ1) is 5.61. The van der Waals surface area contributed by atoms with Crippen LogP contribution in [0.5, 0.6) is 0 Å². The van der Waals surface area contributed by atoms with Crippen LogP contribution in [-0.2, 0) is 0 Å². The highest BCUT2D eigenvalue weighted by atomic mass is 16.3. The summed E-state index contributed by atoms with van der Waals surface area (Å²) in [5, 5.41) is 17.2. The van der Waals surface area contributed by atoms with E-state index in [1.165, 1.54) is 0 Å². The summed E-state index contributed by atoms with van der Waals surface area (Å²) >= 11 is 0. The van der Waals surface area contributed by atoms with Gasteiger partial charge in [-0.2, -0.15) is 10.2 Å². The molecule has 1 heterocycles. The van der Waals surface area contributed by atoms with Crippen molar-refractivity contribution in [3.05, 3.63) is 23.5 Å². The number of hydrogen-bond donors (Lipinski definition) is 1. The summed E-state index contributed by atoms with van der Waals surface area (Å²) in [5.74, 6) is 0.0538. The maximum Gasteiger partial charge on any atom is 0.0685 e. The van der Waals surface area contributed by atoms with E-state index >= 15 is 0 Å². The molecule has 3 nitrogen and oxygen atoms in total. The second-order valence-corrected chi connectivity index (χ2v) is 3.13. The van der Waals surface area contributed by atoms with Crippen molar-refractivity contribution < 1.29 is 5.11 Å². The Morgan fingerprint density at radius 2 is 1.92 bits per heavy atom. The minimum atomic E-state index is -0.373. The van der Waals surface area contributed by atoms with E-state index in [0.29, 0.717) is 0 Å². The minimum Gasteiger partial charge on any atom is -0.393 e. The fourth-order valence-corrected chi connectivity index (χ4v) is 0.899. The van der Waals surface area contributed by atoms with Gasteiger partial charge in [0.05, 0.1) is 17.5 Å². The molecule has 0 saturated carbocycles. The molecule has 0 aliphatic rings. The molecular formula is C9H14N2O. The van der Waals surface area contributed by atoms with Gasteiger partial charge in [-0.05, 0) is 26.0 Å². The van der Waals surface area contributed by atoms with Gasteiger partial charge in [0.1, 0.15) is 0 Å². The first-order valence-electron chi connectivity index (χ1n) is 4.09. The third-order valence-electron chi connectivity index (χ3n) is 2.01. The van der Waals surface area contributed by atoms with Crippen molar-refractivity contribution in [1.29, 1.82) is 0 Å². The molecule has 3 heteroatoms. The van der Waals surface area contributed by atoms with E-state index in [2.05, 4.69) is 10.2 Å². The first kappa shape index (κ1) is 9.13. The van der Waals surface area contributed by atoms with Gasteiger partial charge in [-0.25, -0.2) is 0 Å². The van der Waals surface area contributed by atoms with Gasteiger partial charge in [0.15, 0.2) is 0 Å². The molecule has 1 aromatic heterocycles. The quantitative estimate of drug-likeness (QED) is 0.719. The lowest BCUT2D eigenvalue weighted by molar-refractivity contribution is 0.167. The van der Waals surface area contributed by atoms with Gasteiger partial charge in [0.2, 0.25) is 0 Å². The number of aryl methyl sites for hydroxylation is 1. The molecule has 66 valence electrons. The van der Waals surface area contributed by atoms with Crippen LogP contribution in [0.1, 0.15) is 31.2 Å². The Hall–Kier alpha value is -0.960. The van der Waals surface area contributed by atoms with Crippen molar-refractivity contribution >= 4 is 0 Å². The van der Waals surface area contributed by atoms with Gasteiger partial charge in [-0.1, -0.05) is 6.92 Å². The van der Waals surface area contributed by atoms with Crippen molar-refractivity contribution in [2.45, 2.75) is 32.8 Å². The minimum absolute atomic E-state index is 0.0538. The predicted octanol–water partition coefficient (Wildman–Crippen LogP) is 1.27. The van der Waals surface area contributed by atoms with Gasteiger partial charge in [0, 0.05) is 5.92 Å². The molecule has 0 amide bonds. The van der Waals surface area contributed by atoms with Gasteiger partial charge >= 0.3 is 0 Å². The summed E-state index contributed by atoms with van der Waals surface area (Å²) in [6.45, 7) is 5.58. The molecule has 0 radical (unpaired) electrons. The fourth-order valence-electron chi connectivity index (χ4n) is 0.899. The lowest BCUT2D eigenvalue weighted by atomic mass is 10.0. The number of aliphatic hydroxyl groups excluding tert-OH is 1. The Balaban J connectivity index is 2.82. The van der Waals surface area contributed by atoms with Gasteiger partial charge in [0.25, 0.3) is 0 Å². The van der Waals surface area contributed by atoms with Crippen LogP contribution < -0.4 is 0 Å². The smallest absolute Gasteiger partial charge is 0.0685 e. The monoisotopic (exact) mass is 166 g/mol. The summed E-state index contributed by atoms with van der Waals surface area (Å²) in [7, 11) is 0. The van der Waals surface area contributed by atoms with Gasteiger partial charge in [-0.3, -0.25) is 0 Å². The van der Waals surface area contributed by atoms with Crippen LogP contribution >= 0.6 is 0 Å². The van der Waals surface area contributed by atoms with Crippen LogP contribution in [0, 0.1) is 6.92 Å². The van der Waals surface area contributed by atoms with E-state index in [-0.39, 0.29) is 12.0 Å². The number of rotatable bonds is 2. The molecule has 12 heavy (non-hydrogen) atoms. The van der Waals surface area contributed by atoms with Crippen molar-refractivity contribution in [2.75, 3.05) is 0 Å². The summed E-state index contributed by atoms with van der Waals surface area (Å²) in [6.07, 6.45) is -0.373. The fraction of sp³-hybridized carbons (Fsp3) is 0.556. The predicted molar refractivity (Wildman–Crippen MR) is 46.9 cm³/mol. The van der Waals surface area contributed by atoms with Crippen LogP contribution in [0.25, 0.3) is 0 Å². The molecule has 0 fully saturated rings.